The van der Waals surface area contributed by atoms with Crippen LogP contribution < -0.4 is 10.1 Å². The number of benzene rings is 2. The summed E-state index contributed by atoms with van der Waals surface area (Å²) < 4.78 is 11.6. The number of aryl methyl sites for hydroxylation is 2. The predicted octanol–water partition coefficient (Wildman–Crippen LogP) is 4.91. The van der Waals surface area contributed by atoms with Crippen molar-refractivity contribution in [2.24, 2.45) is 0 Å². The number of nitrogens with one attached hydrogen (secondary N) is 1. The third kappa shape index (κ3) is 6.68. The zero-order valence-electron chi connectivity index (χ0n) is 20.4. The normalized spacial score (nSPS) is 15.1. The molecule has 1 N–H and O–H groups in total. The Balaban J connectivity index is 1.46. The van der Waals surface area contributed by atoms with E-state index in [9.17, 15) is 9.59 Å². The van der Waals surface area contributed by atoms with E-state index >= 15 is 0 Å². The zero-order chi connectivity index (χ0) is 24.8. The highest BCUT2D eigenvalue weighted by Gasteiger charge is 2.26. The lowest BCUT2D eigenvalue weighted by molar-refractivity contribution is -0.117. The minimum Gasteiger partial charge on any atom is -0.487 e. The summed E-state index contributed by atoms with van der Waals surface area (Å²) in [5, 5.41) is 5.90. The number of ether oxygens (including phenoxy) is 2. The lowest BCUT2D eigenvalue weighted by atomic mass is 10.1. The van der Waals surface area contributed by atoms with E-state index in [1.165, 1.54) is 0 Å². The highest BCUT2D eigenvalue weighted by atomic mass is 32.1. The fourth-order valence-corrected chi connectivity index (χ4v) is 4.63. The Bertz CT molecular complexity index is 1190. The summed E-state index contributed by atoms with van der Waals surface area (Å²) >= 11 is 1.57. The van der Waals surface area contributed by atoms with Crippen molar-refractivity contribution >= 4 is 28.8 Å². The molecule has 8 heteroatoms. The molecular formula is C27H31N3O4S. The predicted molar refractivity (Wildman–Crippen MR) is 137 cm³/mol. The molecule has 2 amide bonds. The van der Waals surface area contributed by atoms with Crippen molar-refractivity contribution in [3.8, 4) is 5.75 Å². The molecule has 4 rings (SSSR count). The molecular weight excluding hydrogens is 462 g/mol. The van der Waals surface area contributed by atoms with Crippen LogP contribution in [-0.4, -0.2) is 47.5 Å². The van der Waals surface area contributed by atoms with E-state index < -0.39 is 0 Å². The Morgan fingerprint density at radius 1 is 1.20 bits per heavy atom. The number of thiazole rings is 1. The van der Waals surface area contributed by atoms with Gasteiger partial charge >= 0.3 is 0 Å². The Labute approximate surface area is 210 Å². The van der Waals surface area contributed by atoms with Crippen LogP contribution in [0.15, 0.2) is 47.8 Å². The van der Waals surface area contributed by atoms with Gasteiger partial charge in [-0.25, -0.2) is 4.98 Å². The summed E-state index contributed by atoms with van der Waals surface area (Å²) in [5.41, 5.74) is 4.19. The molecule has 2 heterocycles. The van der Waals surface area contributed by atoms with Crippen LogP contribution in [0.4, 0.5) is 5.69 Å². The second-order valence-corrected chi connectivity index (χ2v) is 9.85. The van der Waals surface area contributed by atoms with Crippen molar-refractivity contribution in [1.29, 1.82) is 0 Å². The SMILES string of the molecule is Cc1nc(COc2cccc(C(=O)N(CC(=O)Nc3cccc(C)c3C)C[C@H]3CCCO3)c2)cs1. The molecule has 1 aliphatic rings. The summed E-state index contributed by atoms with van der Waals surface area (Å²) in [5.74, 6) is 0.112. The van der Waals surface area contributed by atoms with Crippen LogP contribution in [0.25, 0.3) is 0 Å². The Kier molecular flexibility index (Phi) is 8.15. The van der Waals surface area contributed by atoms with Gasteiger partial charge in [-0.3, -0.25) is 9.59 Å². The maximum atomic E-state index is 13.5. The fraction of sp³-hybridized carbons (Fsp3) is 0.370. The molecule has 1 fully saturated rings. The fourth-order valence-electron chi connectivity index (χ4n) is 4.04. The van der Waals surface area contributed by atoms with Crippen LogP contribution in [0.1, 0.15) is 45.0 Å². The highest BCUT2D eigenvalue weighted by Crippen LogP contribution is 2.21. The third-order valence-electron chi connectivity index (χ3n) is 6.08. The lowest BCUT2D eigenvalue weighted by Crippen LogP contribution is -2.42. The van der Waals surface area contributed by atoms with Gasteiger partial charge in [0.2, 0.25) is 5.91 Å². The van der Waals surface area contributed by atoms with Gasteiger partial charge in [-0.2, -0.15) is 0 Å². The molecule has 184 valence electrons. The van der Waals surface area contributed by atoms with Crippen molar-refractivity contribution < 1.29 is 19.1 Å². The highest BCUT2D eigenvalue weighted by molar-refractivity contribution is 7.09. The van der Waals surface area contributed by atoms with Crippen LogP contribution >= 0.6 is 11.3 Å². The Morgan fingerprint density at radius 2 is 2.03 bits per heavy atom. The maximum Gasteiger partial charge on any atom is 0.254 e. The molecule has 1 aliphatic heterocycles. The molecule has 0 aliphatic carbocycles. The van der Waals surface area contributed by atoms with Crippen LogP contribution in [0, 0.1) is 20.8 Å². The summed E-state index contributed by atoms with van der Waals surface area (Å²) in [6.07, 6.45) is 1.76. The largest absolute Gasteiger partial charge is 0.487 e. The number of carbonyl (C=O) groups excluding carboxylic acids is 2. The number of carbonyl (C=O) groups is 2. The summed E-state index contributed by atoms with van der Waals surface area (Å²) in [6.45, 7) is 7.24. The molecule has 0 radical (unpaired) electrons. The number of rotatable bonds is 9. The second-order valence-electron chi connectivity index (χ2n) is 8.79. The number of anilines is 1. The van der Waals surface area contributed by atoms with Gasteiger partial charge in [0.15, 0.2) is 0 Å². The topological polar surface area (TPSA) is 80.8 Å². The molecule has 0 spiro atoms. The van der Waals surface area contributed by atoms with E-state index in [0.29, 0.717) is 31.1 Å². The van der Waals surface area contributed by atoms with E-state index in [-0.39, 0.29) is 24.5 Å². The van der Waals surface area contributed by atoms with Gasteiger partial charge in [0.25, 0.3) is 5.91 Å². The molecule has 0 bridgehead atoms. The first-order valence-electron chi connectivity index (χ1n) is 11.8. The van der Waals surface area contributed by atoms with E-state index in [2.05, 4.69) is 10.3 Å². The first kappa shape index (κ1) is 24.9. The van der Waals surface area contributed by atoms with E-state index in [1.54, 1.807) is 34.4 Å². The molecule has 3 aromatic rings. The monoisotopic (exact) mass is 493 g/mol. The molecule has 1 saturated heterocycles. The average molecular weight is 494 g/mol. The van der Waals surface area contributed by atoms with Crippen LogP contribution in [0.2, 0.25) is 0 Å². The average Bonchev–Trinajstić information content (AvgIpc) is 3.51. The molecule has 35 heavy (non-hydrogen) atoms. The van der Waals surface area contributed by atoms with Crippen molar-refractivity contribution in [1.82, 2.24) is 9.88 Å². The zero-order valence-corrected chi connectivity index (χ0v) is 21.2. The molecule has 7 nitrogen and oxygen atoms in total. The standard InChI is InChI=1S/C27H31N3O4S/c1-18-7-4-11-25(19(18)2)29-26(31)15-30(14-24-10-6-12-33-24)27(32)21-8-5-9-23(13-21)34-16-22-17-35-20(3)28-22/h4-5,7-9,11,13,17,24H,6,10,12,14-16H2,1-3H3,(H,29,31)/t24-/m1/s1. The van der Waals surface area contributed by atoms with Crippen molar-refractivity contribution in [2.45, 2.75) is 46.3 Å². The van der Waals surface area contributed by atoms with Gasteiger partial charge in [0.05, 0.1) is 16.8 Å². The van der Waals surface area contributed by atoms with Crippen molar-refractivity contribution in [3.05, 3.63) is 75.2 Å². The number of nitrogens with zero attached hydrogens (tertiary/aromatic N) is 2. The number of aromatic nitrogens is 1. The molecule has 1 atom stereocenters. The number of hydrogen-bond donors (Lipinski definition) is 1. The lowest BCUT2D eigenvalue weighted by Gasteiger charge is -2.25. The molecule has 0 unspecified atom stereocenters. The first-order chi connectivity index (χ1) is 16.9. The molecule has 0 saturated carbocycles. The van der Waals surface area contributed by atoms with E-state index in [1.807, 2.05) is 50.4 Å². The van der Waals surface area contributed by atoms with Gasteiger partial charge in [-0.1, -0.05) is 18.2 Å². The van der Waals surface area contributed by atoms with E-state index in [0.717, 1.165) is 40.4 Å². The summed E-state index contributed by atoms with van der Waals surface area (Å²) in [4.78, 5) is 32.4. The molecule has 1 aromatic heterocycles. The van der Waals surface area contributed by atoms with Crippen LogP contribution in [-0.2, 0) is 16.1 Å². The Hall–Kier alpha value is -3.23. The maximum absolute atomic E-state index is 13.5. The molecule has 2 aromatic carbocycles. The second kappa shape index (κ2) is 11.5. The van der Waals surface area contributed by atoms with Crippen LogP contribution in [0.5, 0.6) is 5.75 Å². The smallest absolute Gasteiger partial charge is 0.254 e. The van der Waals surface area contributed by atoms with E-state index in [4.69, 9.17) is 9.47 Å². The summed E-state index contributed by atoms with van der Waals surface area (Å²) in [7, 11) is 0. The quantitative estimate of drug-likeness (QED) is 0.458. The summed E-state index contributed by atoms with van der Waals surface area (Å²) in [6, 6.07) is 12.8. The van der Waals surface area contributed by atoms with Gasteiger partial charge in [0.1, 0.15) is 18.9 Å². The van der Waals surface area contributed by atoms with Gasteiger partial charge < -0.3 is 19.7 Å². The minimum absolute atomic E-state index is 0.0603. The van der Waals surface area contributed by atoms with Gasteiger partial charge in [0, 0.05) is 29.8 Å². The third-order valence-corrected chi connectivity index (χ3v) is 6.91. The minimum atomic E-state index is -0.239. The number of hydrogen-bond acceptors (Lipinski definition) is 6. The van der Waals surface area contributed by atoms with Crippen LogP contribution in [0.3, 0.4) is 0 Å². The first-order valence-corrected chi connectivity index (χ1v) is 12.7. The van der Waals surface area contributed by atoms with Crippen molar-refractivity contribution in [3.63, 3.8) is 0 Å². The van der Waals surface area contributed by atoms with Gasteiger partial charge in [-0.15, -0.1) is 11.3 Å². The number of amides is 2. The van der Waals surface area contributed by atoms with Crippen molar-refractivity contribution in [2.75, 3.05) is 25.0 Å². The van der Waals surface area contributed by atoms with Gasteiger partial charge in [-0.05, 0) is 69.0 Å². The Morgan fingerprint density at radius 3 is 2.77 bits per heavy atom.